The van der Waals surface area contributed by atoms with E-state index in [4.69, 9.17) is 4.74 Å². The molecule has 0 aliphatic carbocycles. The highest BCUT2D eigenvalue weighted by Gasteiger charge is 2.22. The van der Waals surface area contributed by atoms with Crippen LogP contribution in [0.4, 0.5) is 5.69 Å². The molecule has 1 amide bonds. The van der Waals surface area contributed by atoms with E-state index in [9.17, 15) is 13.2 Å². The van der Waals surface area contributed by atoms with E-state index in [1.165, 1.54) is 6.07 Å². The second-order valence-corrected chi connectivity index (χ2v) is 8.97. The Morgan fingerprint density at radius 1 is 1.26 bits per heavy atom. The number of sulfonamides is 1. The van der Waals surface area contributed by atoms with Crippen molar-refractivity contribution in [3.05, 3.63) is 58.1 Å². The van der Waals surface area contributed by atoms with Crippen LogP contribution in [0, 0.1) is 6.92 Å². The first kappa shape index (κ1) is 19.9. The molecule has 6 nitrogen and oxygen atoms in total. The zero-order valence-electron chi connectivity index (χ0n) is 14.9. The van der Waals surface area contributed by atoms with Gasteiger partial charge in [0.2, 0.25) is 0 Å². The highest BCUT2D eigenvalue weighted by Crippen LogP contribution is 2.25. The average Bonchev–Trinajstić information content (AvgIpc) is 3.15. The van der Waals surface area contributed by atoms with Crippen molar-refractivity contribution in [2.24, 2.45) is 0 Å². The van der Waals surface area contributed by atoms with Crippen LogP contribution in [0.2, 0.25) is 0 Å². The van der Waals surface area contributed by atoms with Crippen LogP contribution in [0.5, 0.6) is 0 Å². The zero-order valence-corrected chi connectivity index (χ0v) is 17.3. The monoisotopic (exact) mass is 452 g/mol. The summed E-state index contributed by atoms with van der Waals surface area (Å²) >= 11 is 3.30. The molecular weight excluding hydrogens is 432 g/mol. The van der Waals surface area contributed by atoms with E-state index >= 15 is 0 Å². The fourth-order valence-electron chi connectivity index (χ4n) is 2.94. The lowest BCUT2D eigenvalue weighted by Gasteiger charge is -2.15. The largest absolute Gasteiger partial charge is 0.376 e. The van der Waals surface area contributed by atoms with Gasteiger partial charge in [-0.3, -0.25) is 9.52 Å². The van der Waals surface area contributed by atoms with E-state index in [0.29, 0.717) is 23.2 Å². The molecule has 0 saturated carbocycles. The number of carbonyl (C=O) groups excluding carboxylic acids is 1. The maximum absolute atomic E-state index is 12.8. The lowest BCUT2D eigenvalue weighted by molar-refractivity contribution is 0.0858. The molecular formula is C19H21BrN2O4S. The van der Waals surface area contributed by atoms with Gasteiger partial charge in [0.15, 0.2) is 0 Å². The third kappa shape index (κ3) is 4.88. The van der Waals surface area contributed by atoms with Gasteiger partial charge >= 0.3 is 0 Å². The van der Waals surface area contributed by atoms with E-state index in [2.05, 4.69) is 26.0 Å². The van der Waals surface area contributed by atoms with Crippen LogP contribution >= 0.6 is 15.9 Å². The molecule has 1 saturated heterocycles. The number of amides is 1. The van der Waals surface area contributed by atoms with E-state index in [-0.39, 0.29) is 28.2 Å². The normalized spacial score (nSPS) is 16.9. The summed E-state index contributed by atoms with van der Waals surface area (Å²) in [5.74, 6) is -0.338. The SMILES string of the molecule is Cc1ccc(Br)cc1S(=O)(=O)Nc1ccccc1C(=O)NCC1CCCO1. The lowest BCUT2D eigenvalue weighted by atomic mass is 10.1. The van der Waals surface area contributed by atoms with Gasteiger partial charge in [0.25, 0.3) is 15.9 Å². The van der Waals surface area contributed by atoms with E-state index in [1.54, 1.807) is 43.3 Å². The zero-order chi connectivity index (χ0) is 19.4. The van der Waals surface area contributed by atoms with Gasteiger partial charge in [0, 0.05) is 17.6 Å². The Balaban J connectivity index is 1.80. The highest BCUT2D eigenvalue weighted by molar-refractivity contribution is 9.10. The van der Waals surface area contributed by atoms with Gasteiger partial charge in [-0.1, -0.05) is 34.1 Å². The second kappa shape index (κ2) is 8.41. The minimum atomic E-state index is -3.84. The molecule has 1 aliphatic rings. The average molecular weight is 453 g/mol. The smallest absolute Gasteiger partial charge is 0.262 e. The Morgan fingerprint density at radius 3 is 2.78 bits per heavy atom. The topological polar surface area (TPSA) is 84.5 Å². The summed E-state index contributed by atoms with van der Waals surface area (Å²) in [4.78, 5) is 12.7. The molecule has 2 aromatic rings. The summed E-state index contributed by atoms with van der Waals surface area (Å²) in [6.07, 6.45) is 1.92. The lowest BCUT2D eigenvalue weighted by Crippen LogP contribution is -2.32. The van der Waals surface area contributed by atoms with Crippen LogP contribution in [-0.4, -0.2) is 33.6 Å². The minimum absolute atomic E-state index is 0.0159. The maximum Gasteiger partial charge on any atom is 0.262 e. The Labute approximate surface area is 167 Å². The fraction of sp³-hybridized carbons (Fsp3) is 0.316. The quantitative estimate of drug-likeness (QED) is 0.702. The predicted molar refractivity (Wildman–Crippen MR) is 107 cm³/mol. The van der Waals surface area contributed by atoms with Gasteiger partial charge in [-0.25, -0.2) is 8.42 Å². The van der Waals surface area contributed by atoms with Crippen molar-refractivity contribution < 1.29 is 17.9 Å². The molecule has 1 heterocycles. The van der Waals surface area contributed by atoms with Gasteiger partial charge in [0.05, 0.1) is 22.3 Å². The predicted octanol–water partition coefficient (Wildman–Crippen LogP) is 3.47. The molecule has 0 aromatic heterocycles. The molecule has 8 heteroatoms. The maximum atomic E-state index is 12.8. The van der Waals surface area contributed by atoms with Crippen LogP contribution < -0.4 is 10.0 Å². The first-order valence-electron chi connectivity index (χ1n) is 8.64. The Hall–Kier alpha value is -1.90. The number of hydrogen-bond acceptors (Lipinski definition) is 4. The van der Waals surface area contributed by atoms with Crippen LogP contribution in [0.3, 0.4) is 0 Å². The number of nitrogens with one attached hydrogen (secondary N) is 2. The summed E-state index contributed by atoms with van der Waals surface area (Å²) in [5, 5.41) is 2.82. The van der Waals surface area contributed by atoms with Gasteiger partial charge < -0.3 is 10.1 Å². The summed E-state index contributed by atoms with van der Waals surface area (Å²) in [5.41, 5.74) is 1.12. The molecule has 3 rings (SSSR count). The number of para-hydroxylation sites is 1. The number of aryl methyl sites for hydroxylation is 1. The second-order valence-electron chi connectivity index (χ2n) is 6.41. The molecule has 1 atom stereocenters. The molecule has 0 bridgehead atoms. The van der Waals surface area contributed by atoms with Gasteiger partial charge in [-0.2, -0.15) is 0 Å². The van der Waals surface area contributed by atoms with Crippen LogP contribution in [0.25, 0.3) is 0 Å². The van der Waals surface area contributed by atoms with E-state index in [1.807, 2.05) is 0 Å². The first-order valence-corrected chi connectivity index (χ1v) is 10.9. The molecule has 27 heavy (non-hydrogen) atoms. The molecule has 144 valence electrons. The van der Waals surface area contributed by atoms with Gasteiger partial charge in [-0.05, 0) is 49.6 Å². The Bertz CT molecular complexity index is 940. The van der Waals surface area contributed by atoms with Crippen molar-refractivity contribution >= 4 is 37.5 Å². The summed E-state index contributed by atoms with van der Waals surface area (Å²) in [6, 6.07) is 11.6. The molecule has 0 radical (unpaired) electrons. The summed E-state index contributed by atoms with van der Waals surface area (Å²) in [6.45, 7) is 2.84. The van der Waals surface area contributed by atoms with Crippen LogP contribution in [0.1, 0.15) is 28.8 Å². The number of carbonyl (C=O) groups is 1. The first-order chi connectivity index (χ1) is 12.9. The van der Waals surface area contributed by atoms with Crippen molar-refractivity contribution in [2.75, 3.05) is 17.9 Å². The van der Waals surface area contributed by atoms with Crippen molar-refractivity contribution in [3.8, 4) is 0 Å². The molecule has 1 aliphatic heterocycles. The van der Waals surface area contributed by atoms with E-state index < -0.39 is 10.0 Å². The van der Waals surface area contributed by atoms with Crippen molar-refractivity contribution in [1.29, 1.82) is 0 Å². The van der Waals surface area contributed by atoms with Crippen LogP contribution in [-0.2, 0) is 14.8 Å². The summed E-state index contributed by atoms with van der Waals surface area (Å²) in [7, 11) is -3.84. The van der Waals surface area contributed by atoms with Crippen LogP contribution in [0.15, 0.2) is 51.8 Å². The summed E-state index contributed by atoms with van der Waals surface area (Å²) < 4.78 is 34.4. The molecule has 2 aromatic carbocycles. The van der Waals surface area contributed by atoms with Crippen molar-refractivity contribution in [2.45, 2.75) is 30.8 Å². The highest BCUT2D eigenvalue weighted by atomic mass is 79.9. The van der Waals surface area contributed by atoms with Crippen molar-refractivity contribution in [3.63, 3.8) is 0 Å². The molecule has 1 fully saturated rings. The van der Waals surface area contributed by atoms with Crippen molar-refractivity contribution in [1.82, 2.24) is 5.32 Å². The van der Waals surface area contributed by atoms with Gasteiger partial charge in [0.1, 0.15) is 0 Å². The number of hydrogen-bond donors (Lipinski definition) is 2. The number of anilines is 1. The fourth-order valence-corrected chi connectivity index (χ4v) is 4.80. The molecule has 1 unspecified atom stereocenters. The third-order valence-electron chi connectivity index (χ3n) is 4.37. The number of benzene rings is 2. The third-order valence-corrected chi connectivity index (χ3v) is 6.37. The number of ether oxygens (including phenoxy) is 1. The Kier molecular flexibility index (Phi) is 6.18. The molecule has 2 N–H and O–H groups in total. The number of halogens is 1. The molecule has 0 spiro atoms. The minimum Gasteiger partial charge on any atom is -0.376 e. The van der Waals surface area contributed by atoms with E-state index in [0.717, 1.165) is 12.8 Å². The number of rotatable bonds is 6. The Morgan fingerprint density at radius 2 is 2.04 bits per heavy atom. The van der Waals surface area contributed by atoms with Gasteiger partial charge in [-0.15, -0.1) is 0 Å². The standard InChI is InChI=1S/C19H21BrN2O4S/c1-13-8-9-14(20)11-18(13)27(24,25)22-17-7-3-2-6-16(17)19(23)21-12-15-5-4-10-26-15/h2-3,6-9,11,15,22H,4-5,10,12H2,1H3,(H,21,23).